The van der Waals surface area contributed by atoms with E-state index in [4.69, 9.17) is 5.11 Å². The van der Waals surface area contributed by atoms with E-state index in [1.165, 1.54) is 42.5 Å². The predicted octanol–water partition coefficient (Wildman–Crippen LogP) is 3.20. The van der Waals surface area contributed by atoms with Crippen molar-refractivity contribution in [3.8, 4) is 0 Å². The molecule has 0 spiro atoms. The smallest absolute Gasteiger partial charge is 0.335 e. The molecule has 3 rings (SSSR count). The summed E-state index contributed by atoms with van der Waals surface area (Å²) >= 11 is 0. The van der Waals surface area contributed by atoms with Gasteiger partial charge in [-0.25, -0.2) is 14.0 Å². The van der Waals surface area contributed by atoms with Gasteiger partial charge in [-0.15, -0.1) is 0 Å². The number of amides is 3. The molecule has 0 aromatic heterocycles. The van der Waals surface area contributed by atoms with Crippen LogP contribution in [0, 0.1) is 11.7 Å². The summed E-state index contributed by atoms with van der Waals surface area (Å²) in [6.45, 7) is 1.51. The number of hydrogen-bond donors (Lipinski definition) is 3. The van der Waals surface area contributed by atoms with Crippen LogP contribution in [0.3, 0.4) is 0 Å². The second-order valence-electron chi connectivity index (χ2n) is 6.99. The second-order valence-corrected chi connectivity index (χ2v) is 6.99. The highest BCUT2D eigenvalue weighted by atomic mass is 19.1. The van der Waals surface area contributed by atoms with Crippen molar-refractivity contribution in [1.29, 1.82) is 0 Å². The Morgan fingerprint density at radius 1 is 1.10 bits per heavy atom. The molecular formula is C21H22FN3O4. The second kappa shape index (κ2) is 9.18. The number of piperidine rings is 1. The zero-order valence-corrected chi connectivity index (χ0v) is 15.7. The molecule has 1 saturated heterocycles. The van der Waals surface area contributed by atoms with Gasteiger partial charge in [0.25, 0.3) is 5.91 Å². The number of nitrogens with one attached hydrogen (secondary N) is 2. The van der Waals surface area contributed by atoms with Crippen molar-refractivity contribution in [2.75, 3.05) is 25.0 Å². The van der Waals surface area contributed by atoms with E-state index < -0.39 is 17.8 Å². The van der Waals surface area contributed by atoms with Crippen LogP contribution >= 0.6 is 0 Å². The Balaban J connectivity index is 1.51. The van der Waals surface area contributed by atoms with E-state index in [1.54, 1.807) is 11.0 Å². The van der Waals surface area contributed by atoms with Gasteiger partial charge in [-0.3, -0.25) is 4.79 Å². The lowest BCUT2D eigenvalue weighted by molar-refractivity contribution is 0.0668. The molecule has 1 aliphatic rings. The third kappa shape index (κ3) is 5.54. The van der Waals surface area contributed by atoms with E-state index in [2.05, 4.69) is 10.6 Å². The maximum absolute atomic E-state index is 13.2. The molecule has 3 N–H and O–H groups in total. The molecule has 0 saturated carbocycles. The van der Waals surface area contributed by atoms with Crippen LogP contribution in [-0.2, 0) is 0 Å². The normalized spacial score (nSPS) is 16.2. The zero-order valence-electron chi connectivity index (χ0n) is 15.7. The van der Waals surface area contributed by atoms with Crippen LogP contribution in [-0.4, -0.2) is 47.5 Å². The molecule has 0 bridgehead atoms. The summed E-state index contributed by atoms with van der Waals surface area (Å²) in [6, 6.07) is 11.1. The molecule has 2 aromatic rings. The minimum absolute atomic E-state index is 0.101. The third-order valence-electron chi connectivity index (χ3n) is 4.82. The summed E-state index contributed by atoms with van der Waals surface area (Å²) in [6.07, 6.45) is 1.69. The van der Waals surface area contributed by atoms with Crippen molar-refractivity contribution in [2.45, 2.75) is 12.8 Å². The molecule has 1 unspecified atom stereocenters. The quantitative estimate of drug-likeness (QED) is 0.719. The highest BCUT2D eigenvalue weighted by Gasteiger charge is 2.25. The number of anilines is 1. The van der Waals surface area contributed by atoms with Crippen LogP contribution < -0.4 is 10.6 Å². The van der Waals surface area contributed by atoms with Crippen LogP contribution in [0.2, 0.25) is 0 Å². The number of aromatic carboxylic acids is 1. The number of benzene rings is 2. The Kier molecular flexibility index (Phi) is 6.43. The van der Waals surface area contributed by atoms with Crippen molar-refractivity contribution in [1.82, 2.24) is 10.2 Å². The van der Waals surface area contributed by atoms with Gasteiger partial charge in [0.15, 0.2) is 0 Å². The SMILES string of the molecule is O=C(NCC1CCCN(C(=O)c2ccc(C(=O)O)cc2)C1)Nc1cccc(F)c1. The molecule has 8 heteroatoms. The summed E-state index contributed by atoms with van der Waals surface area (Å²) in [7, 11) is 0. The van der Waals surface area contributed by atoms with Crippen molar-refractivity contribution < 1.29 is 23.9 Å². The molecule has 0 radical (unpaired) electrons. The average molecular weight is 399 g/mol. The highest BCUT2D eigenvalue weighted by Crippen LogP contribution is 2.19. The van der Waals surface area contributed by atoms with Crippen LogP contribution in [0.15, 0.2) is 48.5 Å². The summed E-state index contributed by atoms with van der Waals surface area (Å²) in [5, 5.41) is 14.3. The van der Waals surface area contributed by atoms with Gasteiger partial charge in [0.05, 0.1) is 5.56 Å². The predicted molar refractivity (Wildman–Crippen MR) is 105 cm³/mol. The first kappa shape index (κ1) is 20.3. The minimum atomic E-state index is -1.04. The molecule has 0 aliphatic carbocycles. The zero-order chi connectivity index (χ0) is 20.8. The fourth-order valence-corrected chi connectivity index (χ4v) is 3.33. The van der Waals surface area contributed by atoms with Crippen LogP contribution in [0.4, 0.5) is 14.9 Å². The molecule has 1 atom stereocenters. The molecule has 29 heavy (non-hydrogen) atoms. The Morgan fingerprint density at radius 3 is 2.52 bits per heavy atom. The number of carboxylic acids is 1. The van der Waals surface area contributed by atoms with Crippen LogP contribution in [0.1, 0.15) is 33.6 Å². The van der Waals surface area contributed by atoms with Gasteiger partial charge in [-0.1, -0.05) is 6.07 Å². The lowest BCUT2D eigenvalue weighted by atomic mass is 9.97. The summed E-state index contributed by atoms with van der Waals surface area (Å²) in [4.78, 5) is 37.3. The number of halogens is 1. The maximum atomic E-state index is 13.2. The number of likely N-dealkylation sites (tertiary alicyclic amines) is 1. The molecule has 2 aromatic carbocycles. The number of hydrogen-bond acceptors (Lipinski definition) is 3. The van der Waals surface area contributed by atoms with Gasteiger partial charge >= 0.3 is 12.0 Å². The molecule has 1 heterocycles. The van der Waals surface area contributed by atoms with Crippen molar-refractivity contribution in [3.63, 3.8) is 0 Å². The van der Waals surface area contributed by atoms with Crippen LogP contribution in [0.25, 0.3) is 0 Å². The topological polar surface area (TPSA) is 98.7 Å². The lowest BCUT2D eigenvalue weighted by Crippen LogP contribution is -2.44. The minimum Gasteiger partial charge on any atom is -0.478 e. The first-order valence-corrected chi connectivity index (χ1v) is 9.35. The molecule has 1 fully saturated rings. The number of rotatable bonds is 5. The monoisotopic (exact) mass is 399 g/mol. The fourth-order valence-electron chi connectivity index (χ4n) is 3.33. The number of carboxylic acid groups (broad SMARTS) is 1. The Bertz CT molecular complexity index is 901. The van der Waals surface area contributed by atoms with E-state index >= 15 is 0 Å². The molecule has 3 amide bonds. The van der Waals surface area contributed by atoms with E-state index in [9.17, 15) is 18.8 Å². The first-order valence-electron chi connectivity index (χ1n) is 9.35. The summed E-state index contributed by atoms with van der Waals surface area (Å²) in [5.41, 5.74) is 0.937. The van der Waals surface area contributed by atoms with E-state index in [0.29, 0.717) is 30.9 Å². The molecular weight excluding hydrogens is 377 g/mol. The largest absolute Gasteiger partial charge is 0.478 e. The highest BCUT2D eigenvalue weighted by molar-refractivity contribution is 5.96. The molecule has 7 nitrogen and oxygen atoms in total. The van der Waals surface area contributed by atoms with E-state index in [-0.39, 0.29) is 17.4 Å². The number of urea groups is 1. The Labute approximate surface area is 167 Å². The van der Waals surface area contributed by atoms with Gasteiger partial charge in [0.2, 0.25) is 0 Å². The maximum Gasteiger partial charge on any atom is 0.335 e. The summed E-state index contributed by atoms with van der Waals surface area (Å²) in [5.74, 6) is -1.52. The first-order chi connectivity index (χ1) is 13.9. The van der Waals surface area contributed by atoms with Gasteiger partial charge in [0, 0.05) is 30.9 Å². The summed E-state index contributed by atoms with van der Waals surface area (Å²) < 4.78 is 13.2. The van der Waals surface area contributed by atoms with Gasteiger partial charge in [0.1, 0.15) is 5.82 Å². The van der Waals surface area contributed by atoms with Gasteiger partial charge in [-0.2, -0.15) is 0 Å². The fraction of sp³-hybridized carbons (Fsp3) is 0.286. The van der Waals surface area contributed by atoms with Crippen molar-refractivity contribution >= 4 is 23.6 Å². The van der Waals surface area contributed by atoms with Crippen LogP contribution in [0.5, 0.6) is 0 Å². The van der Waals surface area contributed by atoms with Crippen molar-refractivity contribution in [3.05, 3.63) is 65.5 Å². The molecule has 1 aliphatic heterocycles. The van der Waals surface area contributed by atoms with E-state index in [0.717, 1.165) is 12.8 Å². The Hall–Kier alpha value is -3.42. The number of carbonyl (C=O) groups is 3. The Morgan fingerprint density at radius 2 is 1.83 bits per heavy atom. The number of carbonyl (C=O) groups excluding carboxylic acids is 2. The lowest BCUT2D eigenvalue weighted by Gasteiger charge is -2.33. The average Bonchev–Trinajstić information content (AvgIpc) is 2.72. The third-order valence-corrected chi connectivity index (χ3v) is 4.82. The van der Waals surface area contributed by atoms with Gasteiger partial charge < -0.3 is 20.6 Å². The van der Waals surface area contributed by atoms with Gasteiger partial charge in [-0.05, 0) is 61.2 Å². The standard InChI is InChI=1S/C21H22FN3O4/c22-17-4-1-5-18(11-17)24-21(29)23-12-14-3-2-10-25(13-14)19(26)15-6-8-16(9-7-15)20(27)28/h1,4-9,11,14H,2-3,10,12-13H2,(H,27,28)(H2,23,24,29). The van der Waals surface area contributed by atoms with E-state index in [1.807, 2.05) is 0 Å². The number of nitrogens with zero attached hydrogens (tertiary/aromatic N) is 1. The van der Waals surface area contributed by atoms with Crippen molar-refractivity contribution in [2.24, 2.45) is 5.92 Å². The molecule has 152 valence electrons.